The van der Waals surface area contributed by atoms with Gasteiger partial charge in [0.2, 0.25) is 5.91 Å². The van der Waals surface area contributed by atoms with Gasteiger partial charge in [0, 0.05) is 6.42 Å². The number of carbonyl (C=O) groups excluding carboxylic acids is 2. The topological polar surface area (TPSA) is 99.1 Å². The second-order valence-corrected chi connectivity index (χ2v) is 7.14. The first-order valence-electron chi connectivity index (χ1n) is 9.26. The zero-order valence-corrected chi connectivity index (χ0v) is 17.6. The molecule has 0 spiro atoms. The van der Waals surface area contributed by atoms with Crippen LogP contribution in [-0.4, -0.2) is 42.0 Å². The molecule has 2 aromatic rings. The minimum Gasteiger partial charge on any atom is -0.402 e. The molecule has 0 fully saturated rings. The van der Waals surface area contributed by atoms with Crippen molar-refractivity contribution in [3.8, 4) is 0 Å². The molecule has 0 radical (unpaired) electrons. The highest BCUT2D eigenvalue weighted by atomic mass is 35.5. The van der Waals surface area contributed by atoms with E-state index in [9.17, 15) is 19.6 Å². The molecule has 30 heavy (non-hydrogen) atoms. The molecule has 2 amide bonds. The van der Waals surface area contributed by atoms with Crippen molar-refractivity contribution >= 4 is 36.4 Å². The number of aryl methyl sites for hydroxylation is 2. The zero-order valence-electron chi connectivity index (χ0n) is 16.8. The fourth-order valence-corrected chi connectivity index (χ4v) is 3.22. The monoisotopic (exact) mass is 430 g/mol. The van der Waals surface area contributed by atoms with E-state index in [1.807, 2.05) is 32.0 Å². The Labute approximate surface area is 181 Å². The van der Waals surface area contributed by atoms with Crippen LogP contribution in [0.2, 0.25) is 5.02 Å². The van der Waals surface area contributed by atoms with E-state index in [-0.39, 0.29) is 13.0 Å². The van der Waals surface area contributed by atoms with Crippen molar-refractivity contribution < 1.29 is 24.3 Å². The second kappa shape index (κ2) is 10.9. The van der Waals surface area contributed by atoms with Crippen LogP contribution in [-0.2, 0) is 20.7 Å². The number of benzene rings is 2. The third-order valence-corrected chi connectivity index (χ3v) is 4.72. The van der Waals surface area contributed by atoms with Crippen LogP contribution < -0.4 is 10.2 Å². The molecule has 1 atom stereocenters. The highest BCUT2D eigenvalue weighted by Crippen LogP contribution is 2.25. The molecule has 0 saturated carbocycles. The van der Waals surface area contributed by atoms with Crippen LogP contribution >= 0.6 is 11.6 Å². The fraction of sp³-hybridized carbons (Fsp3) is 0.238. The van der Waals surface area contributed by atoms with Gasteiger partial charge in [-0.1, -0.05) is 54.1 Å². The molecule has 0 aliphatic carbocycles. The molecule has 158 valence electrons. The van der Waals surface area contributed by atoms with E-state index in [0.29, 0.717) is 10.7 Å². The Kier molecular flexibility index (Phi) is 8.62. The number of hydrogen-bond donors (Lipinski definition) is 3. The average molecular weight is 431 g/mol. The second-order valence-electron chi connectivity index (χ2n) is 6.73. The van der Waals surface area contributed by atoms with E-state index in [1.54, 1.807) is 24.3 Å². The summed E-state index contributed by atoms with van der Waals surface area (Å²) < 4.78 is 5.04. The number of hydrogen-bond acceptors (Lipinski definition) is 5. The Bertz CT molecular complexity index is 922. The Morgan fingerprint density at radius 1 is 1.27 bits per heavy atom. The summed E-state index contributed by atoms with van der Waals surface area (Å²) in [5, 5.41) is 21.4. The molecule has 0 aliphatic rings. The van der Waals surface area contributed by atoms with E-state index in [0.717, 1.165) is 22.8 Å². The average Bonchev–Trinajstić information content (AvgIpc) is 2.68. The Morgan fingerprint density at radius 3 is 2.57 bits per heavy atom. The standard InChI is InChI=1S/C21H24BClN2O5/c1-4-21(27)25(18-8-6-5-7-17(18)23)13-19(26)24-20(30-22(28)29)12-16-10-9-14(2)11-15(16)3/h4-11,20,28-29H,1,12-13H2,2-3H3,(H,24,26)/t20-/m1/s1. The summed E-state index contributed by atoms with van der Waals surface area (Å²) in [5.41, 5.74) is 3.29. The van der Waals surface area contributed by atoms with Crippen LogP contribution in [0, 0.1) is 13.8 Å². The summed E-state index contributed by atoms with van der Waals surface area (Å²) in [4.78, 5) is 26.1. The number of rotatable bonds is 9. The van der Waals surface area contributed by atoms with E-state index in [1.165, 1.54) is 4.90 Å². The maximum absolute atomic E-state index is 12.7. The van der Waals surface area contributed by atoms with Gasteiger partial charge in [-0.15, -0.1) is 0 Å². The van der Waals surface area contributed by atoms with Gasteiger partial charge in [0.1, 0.15) is 12.8 Å². The third kappa shape index (κ3) is 6.71. The van der Waals surface area contributed by atoms with Gasteiger partial charge in [-0.2, -0.15) is 0 Å². The maximum atomic E-state index is 12.7. The van der Waals surface area contributed by atoms with Crippen LogP contribution in [0.1, 0.15) is 16.7 Å². The molecule has 0 unspecified atom stereocenters. The molecule has 0 aliphatic heterocycles. The Morgan fingerprint density at radius 2 is 1.97 bits per heavy atom. The summed E-state index contributed by atoms with van der Waals surface area (Å²) in [6, 6.07) is 12.4. The molecule has 0 bridgehead atoms. The highest BCUT2D eigenvalue weighted by molar-refractivity contribution is 6.34. The lowest BCUT2D eigenvalue weighted by Crippen LogP contribution is -2.47. The fourth-order valence-electron chi connectivity index (χ4n) is 2.99. The third-order valence-electron chi connectivity index (χ3n) is 4.40. The van der Waals surface area contributed by atoms with E-state index < -0.39 is 25.4 Å². The van der Waals surface area contributed by atoms with Gasteiger partial charge in [0.25, 0.3) is 5.91 Å². The van der Waals surface area contributed by atoms with Crippen molar-refractivity contribution in [2.24, 2.45) is 0 Å². The normalized spacial score (nSPS) is 11.5. The number of nitrogens with one attached hydrogen (secondary N) is 1. The van der Waals surface area contributed by atoms with E-state index in [4.69, 9.17) is 16.3 Å². The molecule has 7 nitrogen and oxygen atoms in total. The molecule has 0 saturated heterocycles. The van der Waals surface area contributed by atoms with Crippen molar-refractivity contribution in [1.29, 1.82) is 0 Å². The summed E-state index contributed by atoms with van der Waals surface area (Å²) >= 11 is 6.16. The molecule has 3 N–H and O–H groups in total. The summed E-state index contributed by atoms with van der Waals surface area (Å²) in [6.45, 7) is 6.98. The minimum absolute atomic E-state index is 0.205. The van der Waals surface area contributed by atoms with Crippen molar-refractivity contribution in [2.75, 3.05) is 11.4 Å². The predicted molar refractivity (Wildman–Crippen MR) is 117 cm³/mol. The number of carbonyl (C=O) groups is 2. The predicted octanol–water partition coefficient (Wildman–Crippen LogP) is 2.15. The lowest BCUT2D eigenvalue weighted by molar-refractivity contribution is -0.124. The summed E-state index contributed by atoms with van der Waals surface area (Å²) in [7, 11) is -2.07. The lowest BCUT2D eigenvalue weighted by Gasteiger charge is -2.25. The number of amides is 2. The van der Waals surface area contributed by atoms with E-state index >= 15 is 0 Å². The van der Waals surface area contributed by atoms with Crippen LogP contribution in [0.15, 0.2) is 55.1 Å². The maximum Gasteiger partial charge on any atom is 0.635 e. The lowest BCUT2D eigenvalue weighted by atomic mass is 10.0. The Balaban J connectivity index is 2.17. The first-order valence-corrected chi connectivity index (χ1v) is 9.64. The van der Waals surface area contributed by atoms with Gasteiger partial charge < -0.3 is 20.0 Å². The molecule has 0 aromatic heterocycles. The molecule has 2 aromatic carbocycles. The number of halogens is 1. The largest absolute Gasteiger partial charge is 0.635 e. The van der Waals surface area contributed by atoms with E-state index in [2.05, 4.69) is 11.9 Å². The van der Waals surface area contributed by atoms with Crippen LogP contribution in [0.3, 0.4) is 0 Å². The van der Waals surface area contributed by atoms with Crippen LogP contribution in [0.25, 0.3) is 0 Å². The van der Waals surface area contributed by atoms with Gasteiger partial charge in [-0.25, -0.2) is 0 Å². The van der Waals surface area contributed by atoms with Crippen molar-refractivity contribution in [2.45, 2.75) is 26.5 Å². The van der Waals surface area contributed by atoms with Crippen molar-refractivity contribution in [1.82, 2.24) is 5.32 Å². The van der Waals surface area contributed by atoms with Crippen LogP contribution in [0.5, 0.6) is 0 Å². The molecule has 2 rings (SSSR count). The first kappa shape index (κ1) is 23.6. The van der Waals surface area contributed by atoms with Gasteiger partial charge in [0.15, 0.2) is 0 Å². The molecular formula is C21H24BClN2O5. The zero-order chi connectivity index (χ0) is 22.3. The summed E-state index contributed by atoms with van der Waals surface area (Å²) in [6.07, 6.45) is 0.264. The minimum atomic E-state index is -2.07. The molecule has 0 heterocycles. The quantitative estimate of drug-likeness (QED) is 0.322. The van der Waals surface area contributed by atoms with Crippen molar-refractivity contribution in [3.05, 3.63) is 76.8 Å². The number of anilines is 1. The van der Waals surface area contributed by atoms with Gasteiger partial charge in [-0.05, 0) is 43.2 Å². The molecule has 9 heteroatoms. The summed E-state index contributed by atoms with van der Waals surface area (Å²) in [5.74, 6) is -1.08. The van der Waals surface area contributed by atoms with Gasteiger partial charge in [0.05, 0.1) is 10.7 Å². The van der Waals surface area contributed by atoms with Crippen LogP contribution in [0.4, 0.5) is 5.69 Å². The number of para-hydroxylation sites is 1. The SMILES string of the molecule is C=CC(=O)N(CC(=O)N[C@@H](Cc1ccc(C)cc1C)OB(O)O)c1ccccc1Cl. The van der Waals surface area contributed by atoms with Crippen molar-refractivity contribution in [3.63, 3.8) is 0 Å². The smallest absolute Gasteiger partial charge is 0.402 e. The van der Waals surface area contributed by atoms with Gasteiger partial charge in [-0.3, -0.25) is 14.5 Å². The molecular weight excluding hydrogens is 407 g/mol. The van der Waals surface area contributed by atoms with Gasteiger partial charge >= 0.3 is 7.32 Å². The Hall–Kier alpha value is -2.65. The number of nitrogens with zero attached hydrogens (tertiary/aromatic N) is 1. The highest BCUT2D eigenvalue weighted by Gasteiger charge is 2.24. The first-order chi connectivity index (χ1) is 14.2.